The van der Waals surface area contributed by atoms with E-state index in [1.807, 2.05) is 31.2 Å². The average Bonchev–Trinajstić information content (AvgIpc) is 2.82. The molecule has 0 bridgehead atoms. The highest BCUT2D eigenvalue weighted by atomic mass is 16.5. The van der Waals surface area contributed by atoms with Crippen LogP contribution in [0.3, 0.4) is 0 Å². The molecule has 108 valence electrons. The summed E-state index contributed by atoms with van der Waals surface area (Å²) >= 11 is 0. The van der Waals surface area contributed by atoms with Crippen molar-refractivity contribution in [1.29, 1.82) is 0 Å². The first-order valence-corrected chi connectivity index (χ1v) is 6.50. The van der Waals surface area contributed by atoms with Crippen molar-refractivity contribution in [2.24, 2.45) is 0 Å². The minimum Gasteiger partial charge on any atom is -0.497 e. The number of aromatic amines is 1. The minimum atomic E-state index is -0.238. The van der Waals surface area contributed by atoms with Gasteiger partial charge in [0.25, 0.3) is 0 Å². The van der Waals surface area contributed by atoms with Crippen LogP contribution in [0.2, 0.25) is 0 Å². The van der Waals surface area contributed by atoms with E-state index in [2.05, 4.69) is 10.2 Å². The Morgan fingerprint density at radius 1 is 1.40 bits per heavy atom. The summed E-state index contributed by atoms with van der Waals surface area (Å²) in [5.41, 5.74) is 0.735. The summed E-state index contributed by atoms with van der Waals surface area (Å²) in [6.07, 6.45) is 0.554. The minimum absolute atomic E-state index is 0.195. The van der Waals surface area contributed by atoms with E-state index in [0.29, 0.717) is 12.4 Å². The van der Waals surface area contributed by atoms with Crippen molar-refractivity contribution in [3.8, 4) is 5.75 Å². The van der Waals surface area contributed by atoms with Gasteiger partial charge in [-0.05, 0) is 24.1 Å². The molecule has 0 saturated carbocycles. The molecule has 6 heteroatoms. The third-order valence-electron chi connectivity index (χ3n) is 3.21. The Labute approximate surface area is 117 Å². The molecule has 1 aromatic heterocycles. The van der Waals surface area contributed by atoms with Crippen molar-refractivity contribution in [3.63, 3.8) is 0 Å². The van der Waals surface area contributed by atoms with E-state index in [0.717, 1.165) is 17.7 Å². The number of rotatable bonds is 6. The van der Waals surface area contributed by atoms with Crippen LogP contribution in [0.5, 0.6) is 5.75 Å². The number of nitrogens with one attached hydrogen (secondary N) is 1. The van der Waals surface area contributed by atoms with Gasteiger partial charge in [0.1, 0.15) is 11.9 Å². The van der Waals surface area contributed by atoms with Gasteiger partial charge in [-0.15, -0.1) is 0 Å². The summed E-state index contributed by atoms with van der Waals surface area (Å²) in [6, 6.07) is 7.61. The maximum atomic E-state index is 11.9. The third kappa shape index (κ3) is 2.91. The Bertz CT molecular complexity index is 614. The molecule has 0 fully saturated rings. The zero-order valence-electron chi connectivity index (χ0n) is 11.9. The molecule has 2 rings (SSSR count). The number of hydrogen-bond donors (Lipinski definition) is 1. The van der Waals surface area contributed by atoms with Crippen LogP contribution < -0.4 is 10.4 Å². The predicted octanol–water partition coefficient (Wildman–Crippen LogP) is 1.73. The predicted molar refractivity (Wildman–Crippen MR) is 75.0 cm³/mol. The van der Waals surface area contributed by atoms with E-state index in [9.17, 15) is 4.79 Å². The lowest BCUT2D eigenvalue weighted by molar-refractivity contribution is 0.0893. The van der Waals surface area contributed by atoms with Gasteiger partial charge in [0, 0.05) is 7.11 Å². The zero-order valence-corrected chi connectivity index (χ0v) is 11.9. The van der Waals surface area contributed by atoms with Crippen molar-refractivity contribution in [1.82, 2.24) is 14.8 Å². The van der Waals surface area contributed by atoms with E-state index >= 15 is 0 Å². The number of benzene rings is 1. The molecule has 2 aromatic rings. The van der Waals surface area contributed by atoms with Crippen LogP contribution in [0.15, 0.2) is 29.1 Å². The van der Waals surface area contributed by atoms with Crippen LogP contribution in [0.25, 0.3) is 0 Å². The van der Waals surface area contributed by atoms with Crippen LogP contribution in [0.1, 0.15) is 30.8 Å². The highest BCUT2D eigenvalue weighted by molar-refractivity contribution is 5.28. The van der Waals surface area contributed by atoms with Crippen LogP contribution in [-0.4, -0.2) is 29.0 Å². The average molecular weight is 277 g/mol. The van der Waals surface area contributed by atoms with Gasteiger partial charge in [0.2, 0.25) is 0 Å². The normalized spacial score (nSPS) is 12.3. The Balaban J connectivity index is 2.33. The van der Waals surface area contributed by atoms with Crippen LogP contribution in [-0.2, 0) is 11.3 Å². The molecule has 0 saturated heterocycles. The fraction of sp³-hybridized carbons (Fsp3) is 0.429. The lowest BCUT2D eigenvalue weighted by Crippen LogP contribution is -2.21. The summed E-state index contributed by atoms with van der Waals surface area (Å²) in [5, 5.41) is 6.55. The van der Waals surface area contributed by atoms with Gasteiger partial charge in [-0.25, -0.2) is 9.89 Å². The van der Waals surface area contributed by atoms with Crippen LogP contribution in [0.4, 0.5) is 0 Å². The van der Waals surface area contributed by atoms with Crippen LogP contribution in [0, 0.1) is 0 Å². The van der Waals surface area contributed by atoms with Gasteiger partial charge < -0.3 is 9.47 Å². The number of ether oxygens (including phenoxy) is 2. The first-order valence-electron chi connectivity index (χ1n) is 6.50. The lowest BCUT2D eigenvalue weighted by atomic mass is 10.2. The van der Waals surface area contributed by atoms with Crippen molar-refractivity contribution in [2.45, 2.75) is 26.0 Å². The second-order valence-corrected chi connectivity index (χ2v) is 4.46. The standard InChI is InChI=1S/C14H19N3O3/c1-4-12(20-3)13-15-16-14(18)17(13)9-10-6-5-7-11(8-10)19-2/h5-8,12H,4,9H2,1-3H3,(H,16,18). The summed E-state index contributed by atoms with van der Waals surface area (Å²) in [4.78, 5) is 11.9. The fourth-order valence-electron chi connectivity index (χ4n) is 2.14. The number of nitrogens with zero attached hydrogens (tertiary/aromatic N) is 2. The largest absolute Gasteiger partial charge is 0.497 e. The van der Waals surface area contributed by atoms with Crippen molar-refractivity contribution in [2.75, 3.05) is 14.2 Å². The van der Waals surface area contributed by atoms with Crippen molar-refractivity contribution < 1.29 is 9.47 Å². The van der Waals surface area contributed by atoms with E-state index in [1.165, 1.54) is 0 Å². The van der Waals surface area contributed by atoms with Gasteiger partial charge in [-0.1, -0.05) is 19.1 Å². The molecule has 1 unspecified atom stereocenters. The van der Waals surface area contributed by atoms with Gasteiger partial charge in [-0.2, -0.15) is 5.10 Å². The van der Waals surface area contributed by atoms with Gasteiger partial charge in [0.15, 0.2) is 5.82 Å². The Kier molecular flexibility index (Phi) is 4.57. The number of H-pyrrole nitrogens is 1. The molecule has 1 atom stereocenters. The smallest absolute Gasteiger partial charge is 0.343 e. The van der Waals surface area contributed by atoms with E-state index in [4.69, 9.17) is 9.47 Å². The molecule has 0 spiro atoms. The Morgan fingerprint density at radius 3 is 2.85 bits per heavy atom. The zero-order chi connectivity index (χ0) is 14.5. The monoisotopic (exact) mass is 277 g/mol. The van der Waals surface area contributed by atoms with Gasteiger partial charge in [-0.3, -0.25) is 4.57 Å². The van der Waals surface area contributed by atoms with Crippen LogP contribution >= 0.6 is 0 Å². The number of hydrogen-bond acceptors (Lipinski definition) is 4. The third-order valence-corrected chi connectivity index (χ3v) is 3.21. The van der Waals surface area contributed by atoms with E-state index < -0.39 is 0 Å². The first kappa shape index (κ1) is 14.3. The van der Waals surface area contributed by atoms with Crippen molar-refractivity contribution in [3.05, 3.63) is 46.1 Å². The summed E-state index contributed by atoms with van der Waals surface area (Å²) < 4.78 is 12.1. The Morgan fingerprint density at radius 2 is 2.20 bits per heavy atom. The molecule has 20 heavy (non-hydrogen) atoms. The van der Waals surface area contributed by atoms with Crippen molar-refractivity contribution >= 4 is 0 Å². The molecule has 1 N–H and O–H groups in total. The molecule has 6 nitrogen and oxygen atoms in total. The second-order valence-electron chi connectivity index (χ2n) is 4.46. The molecule has 0 radical (unpaired) electrons. The van der Waals surface area contributed by atoms with Gasteiger partial charge >= 0.3 is 5.69 Å². The molecule has 1 aromatic carbocycles. The quantitative estimate of drug-likeness (QED) is 0.873. The maximum Gasteiger partial charge on any atom is 0.343 e. The summed E-state index contributed by atoms with van der Waals surface area (Å²) in [7, 11) is 3.23. The molecule has 0 aliphatic carbocycles. The highest BCUT2D eigenvalue weighted by Crippen LogP contribution is 2.18. The topological polar surface area (TPSA) is 69.1 Å². The highest BCUT2D eigenvalue weighted by Gasteiger charge is 2.17. The SMILES string of the molecule is CCC(OC)c1n[nH]c(=O)n1Cc1cccc(OC)c1. The fourth-order valence-corrected chi connectivity index (χ4v) is 2.14. The van der Waals surface area contributed by atoms with E-state index in [1.54, 1.807) is 18.8 Å². The molecule has 0 aliphatic rings. The maximum absolute atomic E-state index is 11.9. The summed E-state index contributed by atoms with van der Waals surface area (Å²) in [5.74, 6) is 1.38. The number of aromatic nitrogens is 3. The molecular weight excluding hydrogens is 258 g/mol. The summed E-state index contributed by atoms with van der Waals surface area (Å²) in [6.45, 7) is 2.42. The second kappa shape index (κ2) is 6.38. The lowest BCUT2D eigenvalue weighted by Gasteiger charge is -2.13. The number of methoxy groups -OCH3 is 2. The van der Waals surface area contributed by atoms with Gasteiger partial charge in [0.05, 0.1) is 13.7 Å². The molecular formula is C14H19N3O3. The molecule has 0 aliphatic heterocycles. The van der Waals surface area contributed by atoms with E-state index in [-0.39, 0.29) is 11.8 Å². The molecule has 0 amide bonds. The Hall–Kier alpha value is -2.08. The first-order chi connectivity index (χ1) is 9.69. The molecule has 1 heterocycles.